The number of hydrogen-bond donors (Lipinski definition) is 0. The summed E-state index contributed by atoms with van der Waals surface area (Å²) < 4.78 is 11.2. The van der Waals surface area contributed by atoms with E-state index in [4.69, 9.17) is 8.94 Å². The minimum absolute atomic E-state index is 0.145. The first-order chi connectivity index (χ1) is 12.1. The number of hydrogen-bond acceptors (Lipinski definition) is 8. The minimum atomic E-state index is 0.145. The van der Waals surface area contributed by atoms with E-state index >= 15 is 0 Å². The zero-order valence-corrected chi connectivity index (χ0v) is 15.2. The highest BCUT2D eigenvalue weighted by Crippen LogP contribution is 2.39. The molecule has 1 aliphatic carbocycles. The summed E-state index contributed by atoms with van der Waals surface area (Å²) in [4.78, 5) is 9.28. The Morgan fingerprint density at radius 1 is 1.08 bits per heavy atom. The molecular formula is C17H26N6O2. The van der Waals surface area contributed by atoms with Gasteiger partial charge in [-0.15, -0.1) is 10.2 Å². The number of piperazine rings is 1. The summed E-state index contributed by atoms with van der Waals surface area (Å²) in [6, 6.07) is 0.145. The third kappa shape index (κ3) is 3.74. The molecule has 0 spiro atoms. The molecule has 1 atom stereocenters. The lowest BCUT2D eigenvalue weighted by Gasteiger charge is -2.36. The van der Waals surface area contributed by atoms with Crippen LogP contribution < -0.4 is 0 Å². The fraction of sp³-hybridized carbons (Fsp3) is 0.765. The lowest BCUT2D eigenvalue weighted by atomic mass is 10.2. The Kier molecular flexibility index (Phi) is 4.56. The van der Waals surface area contributed by atoms with Gasteiger partial charge in [-0.3, -0.25) is 9.80 Å². The number of aromatic nitrogens is 4. The maximum atomic E-state index is 5.77. The fourth-order valence-corrected chi connectivity index (χ4v) is 3.13. The molecule has 0 bridgehead atoms. The second kappa shape index (κ2) is 6.84. The monoisotopic (exact) mass is 346 g/mol. The van der Waals surface area contributed by atoms with Crippen LogP contribution in [0.25, 0.3) is 0 Å². The highest BCUT2D eigenvalue weighted by Gasteiger charge is 2.30. The first kappa shape index (κ1) is 16.7. The average molecular weight is 346 g/mol. The van der Waals surface area contributed by atoms with E-state index < -0.39 is 0 Å². The zero-order chi connectivity index (χ0) is 17.4. The Hall–Kier alpha value is -1.80. The van der Waals surface area contributed by atoms with Crippen molar-refractivity contribution in [2.45, 2.75) is 58.0 Å². The summed E-state index contributed by atoms with van der Waals surface area (Å²) >= 11 is 0. The summed E-state index contributed by atoms with van der Waals surface area (Å²) in [5.41, 5.74) is 0. The van der Waals surface area contributed by atoms with Crippen molar-refractivity contribution in [1.29, 1.82) is 0 Å². The largest absolute Gasteiger partial charge is 0.424 e. The molecule has 3 heterocycles. The van der Waals surface area contributed by atoms with Gasteiger partial charge in [0.15, 0.2) is 5.82 Å². The van der Waals surface area contributed by atoms with E-state index in [9.17, 15) is 0 Å². The molecule has 8 nitrogen and oxygen atoms in total. The molecule has 0 amide bonds. The molecule has 4 rings (SSSR count). The van der Waals surface area contributed by atoms with Gasteiger partial charge < -0.3 is 8.94 Å². The molecule has 0 unspecified atom stereocenters. The van der Waals surface area contributed by atoms with Crippen molar-refractivity contribution < 1.29 is 8.94 Å². The smallest absolute Gasteiger partial charge is 0.243 e. The molecule has 136 valence electrons. The van der Waals surface area contributed by atoms with E-state index in [1.807, 2.05) is 0 Å². The summed E-state index contributed by atoms with van der Waals surface area (Å²) in [6.07, 6.45) is 2.37. The number of nitrogens with zero attached hydrogens (tertiary/aromatic N) is 6. The summed E-state index contributed by atoms with van der Waals surface area (Å²) in [5, 5.41) is 12.4. The summed E-state index contributed by atoms with van der Waals surface area (Å²) in [6.45, 7) is 10.9. The van der Waals surface area contributed by atoms with Crippen LogP contribution in [0.3, 0.4) is 0 Å². The van der Waals surface area contributed by atoms with Crippen molar-refractivity contribution >= 4 is 0 Å². The van der Waals surface area contributed by atoms with Gasteiger partial charge in [0.25, 0.3) is 0 Å². The van der Waals surface area contributed by atoms with Gasteiger partial charge in [-0.25, -0.2) is 0 Å². The Morgan fingerprint density at radius 3 is 2.48 bits per heavy atom. The van der Waals surface area contributed by atoms with Crippen LogP contribution in [0.5, 0.6) is 0 Å². The Labute approximate surface area is 147 Å². The van der Waals surface area contributed by atoms with E-state index in [-0.39, 0.29) is 12.0 Å². The van der Waals surface area contributed by atoms with Crippen molar-refractivity contribution in [2.75, 3.05) is 26.2 Å². The Bertz CT molecular complexity index is 700. The van der Waals surface area contributed by atoms with Gasteiger partial charge in [-0.05, 0) is 19.8 Å². The molecule has 0 radical (unpaired) electrons. The minimum Gasteiger partial charge on any atom is -0.424 e. The highest BCUT2D eigenvalue weighted by atomic mass is 16.5. The third-order valence-electron chi connectivity index (χ3n) is 5.05. The van der Waals surface area contributed by atoms with Gasteiger partial charge in [0, 0.05) is 38.0 Å². The first-order valence-corrected chi connectivity index (χ1v) is 9.22. The van der Waals surface area contributed by atoms with E-state index in [1.54, 1.807) is 0 Å². The van der Waals surface area contributed by atoms with Gasteiger partial charge in [0.1, 0.15) is 0 Å². The number of rotatable bonds is 6. The molecule has 1 saturated heterocycles. The predicted molar refractivity (Wildman–Crippen MR) is 89.9 cm³/mol. The lowest BCUT2D eigenvalue weighted by molar-refractivity contribution is 0.0795. The molecule has 2 aromatic heterocycles. The lowest BCUT2D eigenvalue weighted by Crippen LogP contribution is -2.46. The van der Waals surface area contributed by atoms with Crippen molar-refractivity contribution in [3.63, 3.8) is 0 Å². The van der Waals surface area contributed by atoms with E-state index in [2.05, 4.69) is 50.9 Å². The molecular weight excluding hydrogens is 320 g/mol. The molecule has 0 N–H and O–H groups in total. The van der Waals surface area contributed by atoms with Gasteiger partial charge in [-0.1, -0.05) is 19.0 Å². The van der Waals surface area contributed by atoms with Crippen LogP contribution >= 0.6 is 0 Å². The predicted octanol–water partition coefficient (Wildman–Crippen LogP) is 2.33. The average Bonchev–Trinajstić information content (AvgIpc) is 3.15. The maximum absolute atomic E-state index is 5.77. The van der Waals surface area contributed by atoms with Gasteiger partial charge in [0.05, 0.1) is 12.6 Å². The van der Waals surface area contributed by atoms with Crippen LogP contribution in [0.15, 0.2) is 8.94 Å². The van der Waals surface area contributed by atoms with Crippen LogP contribution in [-0.4, -0.2) is 56.3 Å². The van der Waals surface area contributed by atoms with E-state index in [1.165, 1.54) is 12.8 Å². The second-order valence-corrected chi connectivity index (χ2v) is 7.44. The third-order valence-corrected chi connectivity index (χ3v) is 5.05. The second-order valence-electron chi connectivity index (χ2n) is 7.44. The van der Waals surface area contributed by atoms with Crippen LogP contribution in [-0.2, 0) is 6.54 Å². The molecule has 1 saturated carbocycles. The standard InChI is InChI=1S/C17H26N6O2/c1-11(2)15-18-16(25-21-15)12(3)23-8-6-22(7-9-23)10-14-19-20-17(24-14)13-4-5-13/h11-13H,4-10H2,1-3H3/t12-/m1/s1. The summed E-state index contributed by atoms with van der Waals surface area (Å²) in [7, 11) is 0. The van der Waals surface area contributed by atoms with Crippen molar-refractivity contribution in [1.82, 2.24) is 30.1 Å². The molecule has 25 heavy (non-hydrogen) atoms. The molecule has 2 fully saturated rings. The molecule has 8 heteroatoms. The highest BCUT2D eigenvalue weighted by molar-refractivity contribution is 5.00. The van der Waals surface area contributed by atoms with Crippen LogP contribution in [0.2, 0.25) is 0 Å². The molecule has 0 aromatic carbocycles. The van der Waals surface area contributed by atoms with Gasteiger partial charge in [-0.2, -0.15) is 4.98 Å². The van der Waals surface area contributed by atoms with E-state index in [0.717, 1.165) is 50.3 Å². The Morgan fingerprint density at radius 2 is 1.84 bits per heavy atom. The zero-order valence-electron chi connectivity index (χ0n) is 15.2. The van der Waals surface area contributed by atoms with Crippen molar-refractivity contribution in [3.05, 3.63) is 23.5 Å². The SMILES string of the molecule is CC(C)c1noc([C@@H](C)N2CCN(Cc3nnc(C4CC4)o3)CC2)n1. The Balaban J connectivity index is 1.29. The fourth-order valence-electron chi connectivity index (χ4n) is 3.13. The van der Waals surface area contributed by atoms with E-state index in [0.29, 0.717) is 11.8 Å². The molecule has 2 aliphatic rings. The van der Waals surface area contributed by atoms with Gasteiger partial charge >= 0.3 is 0 Å². The summed E-state index contributed by atoms with van der Waals surface area (Å²) in [5.74, 6) is 3.86. The normalized spacial score (nSPS) is 21.1. The maximum Gasteiger partial charge on any atom is 0.243 e. The van der Waals surface area contributed by atoms with Crippen molar-refractivity contribution in [3.8, 4) is 0 Å². The van der Waals surface area contributed by atoms with Crippen LogP contribution in [0.4, 0.5) is 0 Å². The molecule has 2 aromatic rings. The molecule has 1 aliphatic heterocycles. The van der Waals surface area contributed by atoms with Crippen LogP contribution in [0, 0.1) is 0 Å². The first-order valence-electron chi connectivity index (χ1n) is 9.22. The quantitative estimate of drug-likeness (QED) is 0.788. The van der Waals surface area contributed by atoms with Crippen molar-refractivity contribution in [2.24, 2.45) is 0 Å². The topological polar surface area (TPSA) is 84.3 Å². The van der Waals surface area contributed by atoms with Crippen LogP contribution in [0.1, 0.15) is 75.0 Å². The van der Waals surface area contributed by atoms with Gasteiger partial charge in [0.2, 0.25) is 17.7 Å².